The van der Waals surface area contributed by atoms with E-state index in [4.69, 9.17) is 18.9 Å². The zero-order valence-electron chi connectivity index (χ0n) is 15.0. The van der Waals surface area contributed by atoms with Gasteiger partial charge in [-0.1, -0.05) is 30.0 Å². The molecule has 1 aliphatic heterocycles. The molecule has 0 aliphatic carbocycles. The molecule has 0 amide bonds. The molecule has 1 aromatic carbocycles. The van der Waals surface area contributed by atoms with E-state index < -0.39 is 47.8 Å². The molecule has 2 rings (SSSR count). The van der Waals surface area contributed by atoms with Gasteiger partial charge < -0.3 is 18.9 Å². The van der Waals surface area contributed by atoms with Gasteiger partial charge in [0.25, 0.3) is 0 Å². The van der Waals surface area contributed by atoms with Crippen molar-refractivity contribution in [3.8, 4) is 0 Å². The summed E-state index contributed by atoms with van der Waals surface area (Å²) in [5, 5.41) is 0. The Morgan fingerprint density at radius 2 is 1.35 bits per heavy atom. The Labute approximate surface area is 156 Å². The van der Waals surface area contributed by atoms with Gasteiger partial charge in [-0.05, 0) is 19.1 Å². The lowest BCUT2D eigenvalue weighted by molar-refractivity contribution is -0.229. The fourth-order valence-electron chi connectivity index (χ4n) is 2.70. The molecule has 142 valence electrons. The quantitative estimate of drug-likeness (QED) is 0.566. The first-order valence-corrected chi connectivity index (χ1v) is 9.04. The van der Waals surface area contributed by atoms with Gasteiger partial charge in [0.2, 0.25) is 0 Å². The second-order valence-corrected chi connectivity index (χ2v) is 7.03. The minimum atomic E-state index is -0.967. The molecule has 1 saturated heterocycles. The zero-order valence-corrected chi connectivity index (χ0v) is 15.9. The molecule has 5 atom stereocenters. The third-order valence-corrected chi connectivity index (χ3v) is 4.78. The van der Waals surface area contributed by atoms with Crippen LogP contribution >= 0.6 is 11.8 Å². The van der Waals surface area contributed by atoms with E-state index in [0.29, 0.717) is 0 Å². The summed E-state index contributed by atoms with van der Waals surface area (Å²) in [4.78, 5) is 35.6. The Morgan fingerprint density at radius 1 is 0.846 bits per heavy atom. The summed E-state index contributed by atoms with van der Waals surface area (Å²) in [6.07, 6.45) is -3.34. The zero-order chi connectivity index (χ0) is 19.3. The van der Waals surface area contributed by atoms with E-state index in [1.165, 1.54) is 32.5 Å². The van der Waals surface area contributed by atoms with Crippen molar-refractivity contribution in [1.82, 2.24) is 0 Å². The highest BCUT2D eigenvalue weighted by Crippen LogP contribution is 2.37. The van der Waals surface area contributed by atoms with Crippen LogP contribution in [0, 0.1) is 0 Å². The van der Waals surface area contributed by atoms with E-state index in [2.05, 4.69) is 0 Å². The first-order valence-electron chi connectivity index (χ1n) is 8.16. The lowest BCUT2D eigenvalue weighted by Crippen LogP contribution is -2.59. The van der Waals surface area contributed by atoms with Gasteiger partial charge >= 0.3 is 17.9 Å². The van der Waals surface area contributed by atoms with Crippen LogP contribution < -0.4 is 0 Å². The second-order valence-electron chi connectivity index (χ2n) is 5.86. The number of esters is 3. The van der Waals surface area contributed by atoms with E-state index >= 15 is 0 Å². The number of hydrogen-bond donors (Lipinski definition) is 0. The number of carbonyl (C=O) groups excluding carboxylic acids is 3. The van der Waals surface area contributed by atoms with Crippen molar-refractivity contribution in [1.29, 1.82) is 0 Å². The molecule has 1 aromatic rings. The summed E-state index contributed by atoms with van der Waals surface area (Å²) in [5.74, 6) is -1.66. The van der Waals surface area contributed by atoms with Crippen LogP contribution in [0.25, 0.3) is 0 Å². The molecule has 3 unspecified atom stereocenters. The first-order chi connectivity index (χ1) is 12.3. The van der Waals surface area contributed by atoms with Crippen molar-refractivity contribution < 1.29 is 33.3 Å². The molecule has 1 fully saturated rings. The summed E-state index contributed by atoms with van der Waals surface area (Å²) in [5.41, 5.74) is -0.632. The molecule has 0 N–H and O–H groups in total. The van der Waals surface area contributed by atoms with Crippen LogP contribution in [0.5, 0.6) is 0 Å². The molecule has 0 bridgehead atoms. The Hall–Kier alpha value is -2.06. The van der Waals surface area contributed by atoms with Crippen LogP contribution in [-0.4, -0.2) is 47.8 Å². The molecule has 0 saturated carbocycles. The standard InChI is InChI=1S/C18H22O7S/c1-10-15(23-11(2)19)16(24-12(3)20)17(25-13(4)21)18(22-10)26-14-8-6-5-7-9-14/h5-10,15-18H,1-4H3/t10?,15-,16?,17?,18-/m0/s1. The van der Waals surface area contributed by atoms with E-state index in [0.717, 1.165) is 4.90 Å². The predicted octanol–water partition coefficient (Wildman–Crippen LogP) is 2.32. The number of hydrogen-bond acceptors (Lipinski definition) is 8. The number of ether oxygens (including phenoxy) is 4. The number of carbonyl (C=O) groups is 3. The van der Waals surface area contributed by atoms with Crippen molar-refractivity contribution >= 4 is 29.7 Å². The topological polar surface area (TPSA) is 88.1 Å². The third-order valence-electron chi connectivity index (χ3n) is 3.63. The molecule has 26 heavy (non-hydrogen) atoms. The van der Waals surface area contributed by atoms with Gasteiger partial charge in [-0.2, -0.15) is 0 Å². The van der Waals surface area contributed by atoms with Crippen molar-refractivity contribution in [2.75, 3.05) is 0 Å². The van der Waals surface area contributed by atoms with Crippen LogP contribution in [0.2, 0.25) is 0 Å². The van der Waals surface area contributed by atoms with Gasteiger partial charge in [-0.15, -0.1) is 0 Å². The fourth-order valence-corrected chi connectivity index (χ4v) is 3.86. The van der Waals surface area contributed by atoms with Crippen molar-refractivity contribution in [3.63, 3.8) is 0 Å². The minimum absolute atomic E-state index is 0.543. The summed E-state index contributed by atoms with van der Waals surface area (Å²) >= 11 is 1.34. The van der Waals surface area contributed by atoms with Gasteiger partial charge in [0, 0.05) is 25.7 Å². The summed E-state index contributed by atoms with van der Waals surface area (Å²) in [6, 6.07) is 9.42. The Balaban J connectivity index is 2.33. The molecule has 1 heterocycles. The highest BCUT2D eigenvalue weighted by Gasteiger charge is 2.50. The predicted molar refractivity (Wildman–Crippen MR) is 93.3 cm³/mol. The Morgan fingerprint density at radius 3 is 1.88 bits per heavy atom. The van der Waals surface area contributed by atoms with Gasteiger partial charge in [0.1, 0.15) is 5.44 Å². The van der Waals surface area contributed by atoms with Crippen molar-refractivity contribution in [3.05, 3.63) is 30.3 Å². The second kappa shape index (κ2) is 9.05. The van der Waals surface area contributed by atoms with Crippen LogP contribution in [0.3, 0.4) is 0 Å². The largest absolute Gasteiger partial charge is 0.456 e. The third kappa shape index (κ3) is 5.47. The Kier molecular flexibility index (Phi) is 7.05. The molecule has 0 radical (unpaired) electrons. The number of rotatable bonds is 5. The maximum atomic E-state index is 11.6. The van der Waals surface area contributed by atoms with Crippen LogP contribution in [0.1, 0.15) is 27.7 Å². The lowest BCUT2D eigenvalue weighted by atomic mass is 10.00. The number of benzene rings is 1. The maximum absolute atomic E-state index is 11.6. The average molecular weight is 382 g/mol. The molecule has 1 aliphatic rings. The highest BCUT2D eigenvalue weighted by atomic mass is 32.2. The number of thioether (sulfide) groups is 1. The normalized spacial score (nSPS) is 28.1. The van der Waals surface area contributed by atoms with Crippen molar-refractivity contribution in [2.24, 2.45) is 0 Å². The van der Waals surface area contributed by atoms with Gasteiger partial charge in [-0.25, -0.2) is 0 Å². The van der Waals surface area contributed by atoms with Gasteiger partial charge in [0.05, 0.1) is 6.10 Å². The monoisotopic (exact) mass is 382 g/mol. The van der Waals surface area contributed by atoms with E-state index in [9.17, 15) is 14.4 Å². The molecular formula is C18H22O7S. The first kappa shape index (κ1) is 20.3. The smallest absolute Gasteiger partial charge is 0.303 e. The molecular weight excluding hydrogens is 360 g/mol. The SMILES string of the molecule is CC(=O)OC1C(OC(C)=O)[C@H](Sc2ccccc2)OC(C)[C@@H]1OC(C)=O. The Bertz CT molecular complexity index is 648. The van der Waals surface area contributed by atoms with Gasteiger partial charge in [0.15, 0.2) is 18.3 Å². The van der Waals surface area contributed by atoms with Crippen LogP contribution in [0.4, 0.5) is 0 Å². The highest BCUT2D eigenvalue weighted by molar-refractivity contribution is 7.99. The van der Waals surface area contributed by atoms with Crippen LogP contribution in [0.15, 0.2) is 35.2 Å². The molecule has 7 nitrogen and oxygen atoms in total. The molecule has 8 heteroatoms. The van der Waals surface area contributed by atoms with E-state index in [-0.39, 0.29) is 0 Å². The van der Waals surface area contributed by atoms with E-state index in [1.54, 1.807) is 6.92 Å². The molecule has 0 spiro atoms. The van der Waals surface area contributed by atoms with Crippen molar-refractivity contribution in [2.45, 2.75) is 62.4 Å². The average Bonchev–Trinajstić information content (AvgIpc) is 2.54. The summed E-state index contributed by atoms with van der Waals surface area (Å²) < 4.78 is 22.0. The maximum Gasteiger partial charge on any atom is 0.303 e. The molecule has 0 aromatic heterocycles. The van der Waals surface area contributed by atoms with Crippen LogP contribution in [-0.2, 0) is 33.3 Å². The lowest BCUT2D eigenvalue weighted by Gasteiger charge is -2.43. The summed E-state index contributed by atoms with van der Waals surface area (Å²) in [6.45, 7) is 5.47. The minimum Gasteiger partial charge on any atom is -0.456 e. The fraction of sp³-hybridized carbons (Fsp3) is 0.500. The van der Waals surface area contributed by atoms with E-state index in [1.807, 2.05) is 30.3 Å². The van der Waals surface area contributed by atoms with Gasteiger partial charge in [-0.3, -0.25) is 14.4 Å². The summed E-state index contributed by atoms with van der Waals surface area (Å²) in [7, 11) is 0.